The van der Waals surface area contributed by atoms with Crippen LogP contribution in [-0.2, 0) is 5.41 Å². The Labute approximate surface area is 186 Å². The molecule has 0 saturated heterocycles. The lowest BCUT2D eigenvalue weighted by Gasteiger charge is -2.41. The van der Waals surface area contributed by atoms with Crippen molar-refractivity contribution in [3.8, 4) is 0 Å². The van der Waals surface area contributed by atoms with Crippen molar-refractivity contribution in [1.82, 2.24) is 9.97 Å². The van der Waals surface area contributed by atoms with E-state index in [4.69, 9.17) is 9.97 Å². The van der Waals surface area contributed by atoms with E-state index in [1.807, 2.05) is 24.5 Å². The molecule has 0 fully saturated rings. The molecule has 2 aromatic heterocycles. The Balaban J connectivity index is 2.03. The summed E-state index contributed by atoms with van der Waals surface area (Å²) in [7, 11) is 0. The van der Waals surface area contributed by atoms with Crippen LogP contribution in [0.5, 0.6) is 0 Å². The standard InChI is InChI=1S/C25H16Br2N2/c26-24(27)21-19-13-7-16-29-23(19)25(17-9-3-1-4-10-17,18-11-5-2-6-12-18)20-14-8-15-28-22(20)21/h1-16H. The lowest BCUT2D eigenvalue weighted by Crippen LogP contribution is -2.37. The summed E-state index contributed by atoms with van der Waals surface area (Å²) in [6.07, 6.45) is 3.73. The summed E-state index contributed by atoms with van der Waals surface area (Å²) in [4.78, 5) is 9.78. The van der Waals surface area contributed by atoms with E-state index in [2.05, 4.69) is 105 Å². The first-order valence-corrected chi connectivity index (χ1v) is 10.9. The zero-order valence-electron chi connectivity index (χ0n) is 15.4. The summed E-state index contributed by atoms with van der Waals surface area (Å²) in [5.74, 6) is 0. The van der Waals surface area contributed by atoms with Crippen LogP contribution >= 0.6 is 31.9 Å². The van der Waals surface area contributed by atoms with Gasteiger partial charge >= 0.3 is 0 Å². The van der Waals surface area contributed by atoms with Crippen LogP contribution in [0, 0.1) is 0 Å². The molecule has 2 nitrogen and oxygen atoms in total. The molecular formula is C25H16Br2N2. The molecule has 1 aliphatic carbocycles. The number of hydrogen-bond donors (Lipinski definition) is 0. The van der Waals surface area contributed by atoms with Gasteiger partial charge in [-0.1, -0.05) is 72.8 Å². The molecule has 5 rings (SSSR count). The van der Waals surface area contributed by atoms with Gasteiger partial charge in [0.1, 0.15) is 0 Å². The fourth-order valence-electron chi connectivity index (χ4n) is 4.39. The minimum Gasteiger partial charge on any atom is -0.259 e. The monoisotopic (exact) mass is 502 g/mol. The van der Waals surface area contributed by atoms with E-state index >= 15 is 0 Å². The summed E-state index contributed by atoms with van der Waals surface area (Å²) in [6.45, 7) is 0. The lowest BCUT2D eigenvalue weighted by molar-refractivity contribution is 0.694. The second kappa shape index (κ2) is 7.36. The number of fused-ring (bicyclic) bond motifs is 2. The normalized spacial score (nSPS) is 14.1. The summed E-state index contributed by atoms with van der Waals surface area (Å²) < 4.78 is 0.869. The largest absolute Gasteiger partial charge is 0.259 e. The van der Waals surface area contributed by atoms with Crippen LogP contribution in [0.3, 0.4) is 0 Å². The maximum absolute atomic E-state index is 4.95. The smallest absolute Gasteiger partial charge is 0.0901 e. The van der Waals surface area contributed by atoms with Gasteiger partial charge in [0.2, 0.25) is 0 Å². The van der Waals surface area contributed by atoms with Crippen molar-refractivity contribution in [2.45, 2.75) is 5.41 Å². The zero-order chi connectivity index (χ0) is 19.8. The van der Waals surface area contributed by atoms with E-state index in [1.165, 1.54) is 11.1 Å². The van der Waals surface area contributed by atoms with E-state index in [0.29, 0.717) is 0 Å². The predicted molar refractivity (Wildman–Crippen MR) is 124 cm³/mol. The highest BCUT2D eigenvalue weighted by molar-refractivity contribution is 9.28. The zero-order valence-corrected chi connectivity index (χ0v) is 18.6. The lowest BCUT2D eigenvalue weighted by atomic mass is 9.62. The Morgan fingerprint density at radius 1 is 0.655 bits per heavy atom. The van der Waals surface area contributed by atoms with Gasteiger partial charge in [-0.3, -0.25) is 9.97 Å². The van der Waals surface area contributed by atoms with Crippen molar-refractivity contribution in [2.75, 3.05) is 0 Å². The molecule has 29 heavy (non-hydrogen) atoms. The maximum atomic E-state index is 4.95. The van der Waals surface area contributed by atoms with Gasteiger partial charge in [0.25, 0.3) is 0 Å². The number of aromatic nitrogens is 2. The molecule has 0 N–H and O–H groups in total. The Bertz CT molecular complexity index is 1120. The second-order valence-corrected chi connectivity index (χ2v) is 9.57. The van der Waals surface area contributed by atoms with Crippen LogP contribution in [0.15, 0.2) is 101 Å². The van der Waals surface area contributed by atoms with Crippen molar-refractivity contribution < 1.29 is 0 Å². The molecule has 0 radical (unpaired) electrons. The Morgan fingerprint density at radius 2 is 1.24 bits per heavy atom. The molecule has 0 amide bonds. The van der Waals surface area contributed by atoms with Crippen molar-refractivity contribution in [1.29, 1.82) is 0 Å². The average molecular weight is 504 g/mol. The van der Waals surface area contributed by atoms with Gasteiger partial charge in [0.05, 0.1) is 20.2 Å². The Morgan fingerprint density at radius 3 is 1.86 bits per heavy atom. The fourth-order valence-corrected chi connectivity index (χ4v) is 5.19. The first-order valence-electron chi connectivity index (χ1n) is 9.32. The van der Waals surface area contributed by atoms with Crippen LogP contribution in [0.2, 0.25) is 0 Å². The first-order chi connectivity index (χ1) is 14.2. The van der Waals surface area contributed by atoms with Gasteiger partial charge in [-0.05, 0) is 60.7 Å². The molecule has 0 aliphatic heterocycles. The molecule has 140 valence electrons. The number of benzene rings is 2. The molecule has 0 saturated carbocycles. The third-order valence-electron chi connectivity index (χ3n) is 5.48. The topological polar surface area (TPSA) is 25.8 Å². The molecule has 1 aliphatic rings. The van der Waals surface area contributed by atoms with E-state index in [0.717, 1.165) is 31.5 Å². The van der Waals surface area contributed by atoms with Gasteiger partial charge in [0.15, 0.2) is 0 Å². The van der Waals surface area contributed by atoms with Gasteiger partial charge in [-0.2, -0.15) is 0 Å². The van der Waals surface area contributed by atoms with Crippen molar-refractivity contribution in [3.63, 3.8) is 0 Å². The first kappa shape index (κ1) is 18.5. The molecular weight excluding hydrogens is 488 g/mol. The number of nitrogens with zero attached hydrogens (tertiary/aromatic N) is 2. The fraction of sp³-hybridized carbons (Fsp3) is 0.0400. The van der Waals surface area contributed by atoms with Crippen LogP contribution in [0.1, 0.15) is 33.6 Å². The van der Waals surface area contributed by atoms with E-state index in [1.54, 1.807) is 0 Å². The molecule has 2 aromatic carbocycles. The predicted octanol–water partition coefficient (Wildman–Crippen LogP) is 6.68. The number of hydrogen-bond acceptors (Lipinski definition) is 2. The molecule has 0 spiro atoms. The minimum absolute atomic E-state index is 0.554. The highest BCUT2D eigenvalue weighted by Crippen LogP contribution is 2.53. The Hall–Kier alpha value is -2.56. The van der Waals surface area contributed by atoms with Gasteiger partial charge in [-0.25, -0.2) is 0 Å². The van der Waals surface area contributed by atoms with Crippen LogP contribution in [-0.4, -0.2) is 9.97 Å². The molecule has 2 heterocycles. The summed E-state index contributed by atoms with van der Waals surface area (Å²) >= 11 is 7.31. The van der Waals surface area contributed by atoms with Gasteiger partial charge in [-0.15, -0.1) is 0 Å². The minimum atomic E-state index is -0.554. The number of rotatable bonds is 2. The number of halogens is 2. The average Bonchev–Trinajstić information content (AvgIpc) is 2.78. The summed E-state index contributed by atoms with van der Waals surface area (Å²) in [6, 6.07) is 29.5. The van der Waals surface area contributed by atoms with Gasteiger partial charge < -0.3 is 0 Å². The highest BCUT2D eigenvalue weighted by atomic mass is 79.9. The highest BCUT2D eigenvalue weighted by Gasteiger charge is 2.47. The van der Waals surface area contributed by atoms with E-state index in [9.17, 15) is 0 Å². The molecule has 0 atom stereocenters. The number of pyridine rings is 2. The third-order valence-corrected chi connectivity index (χ3v) is 6.28. The van der Waals surface area contributed by atoms with Gasteiger partial charge in [0, 0.05) is 23.5 Å². The summed E-state index contributed by atoms with van der Waals surface area (Å²) in [5.41, 5.74) is 6.95. The van der Waals surface area contributed by atoms with E-state index < -0.39 is 5.41 Å². The van der Waals surface area contributed by atoms with E-state index in [-0.39, 0.29) is 0 Å². The summed E-state index contributed by atoms with van der Waals surface area (Å²) in [5, 5.41) is 0. The Kier molecular flexibility index (Phi) is 4.69. The molecule has 4 aromatic rings. The molecule has 0 unspecified atom stereocenters. The van der Waals surface area contributed by atoms with Crippen molar-refractivity contribution in [3.05, 3.63) is 134 Å². The van der Waals surface area contributed by atoms with Crippen LogP contribution in [0.4, 0.5) is 0 Å². The van der Waals surface area contributed by atoms with Crippen LogP contribution < -0.4 is 0 Å². The second-order valence-electron chi connectivity index (χ2n) is 6.92. The third kappa shape index (κ3) is 2.74. The van der Waals surface area contributed by atoms with Crippen LogP contribution in [0.25, 0.3) is 5.57 Å². The SMILES string of the molecule is BrC(Br)=C1c2cccnc2C(c2ccccc2)(c2ccccc2)c2cccnc21. The quantitative estimate of drug-likeness (QED) is 0.268. The molecule has 0 bridgehead atoms. The maximum Gasteiger partial charge on any atom is 0.0901 e. The molecule has 4 heteroatoms. The van der Waals surface area contributed by atoms with Crippen molar-refractivity contribution in [2.24, 2.45) is 0 Å². The van der Waals surface area contributed by atoms with Crippen molar-refractivity contribution >= 4 is 37.4 Å².